The molecule has 2 aliphatic rings. The summed E-state index contributed by atoms with van der Waals surface area (Å²) in [6.45, 7) is 0. The number of hydrogen-bond acceptors (Lipinski definition) is 5. The van der Waals surface area contributed by atoms with Gasteiger partial charge in [0.05, 0.1) is 0 Å². The van der Waals surface area contributed by atoms with Gasteiger partial charge in [0, 0.05) is 0 Å². The van der Waals surface area contributed by atoms with E-state index in [2.05, 4.69) is 29.0 Å². The zero-order chi connectivity index (χ0) is 16.6. The Balaban J connectivity index is 1.63. The minimum absolute atomic E-state index is 0.115. The zero-order valence-electron chi connectivity index (χ0n) is 13.0. The first-order valence-corrected chi connectivity index (χ1v) is 16.5. The number of carbonyl (C=O) groups excluding carboxylic acids is 2. The average molecular weight is 429 g/mol. The molecule has 118 valence electrons. The van der Waals surface area contributed by atoms with Crippen molar-refractivity contribution < 1.29 is 9.59 Å². The minimum atomic E-state index is -2.19. The topological polar surface area (TPSA) is 34.1 Å². The summed E-state index contributed by atoms with van der Waals surface area (Å²) >= 11 is 2.70. The molecule has 4 heterocycles. The standard InChI is InChI=1S/C18H12GeO2S3/c1-19(2)12-4-6-23-17(12)18-13(19)8-9(24-18)7-11-14(20)10-3-5-22-16(10)15(11)21/h3-8H,1-2H3/b11-7+. The van der Waals surface area contributed by atoms with E-state index >= 15 is 0 Å². The van der Waals surface area contributed by atoms with Gasteiger partial charge in [-0.15, -0.1) is 0 Å². The molecular weight excluding hydrogens is 417 g/mol. The third-order valence-corrected chi connectivity index (χ3v) is 16.0. The molecular formula is C18H12GeO2S3. The van der Waals surface area contributed by atoms with Gasteiger partial charge in [0.1, 0.15) is 0 Å². The monoisotopic (exact) mass is 430 g/mol. The van der Waals surface area contributed by atoms with Crippen LogP contribution in [-0.2, 0) is 0 Å². The summed E-state index contributed by atoms with van der Waals surface area (Å²) in [5.74, 6) is 4.60. The molecule has 3 aromatic rings. The van der Waals surface area contributed by atoms with E-state index < -0.39 is 13.3 Å². The number of carbonyl (C=O) groups is 2. The maximum absolute atomic E-state index is 12.5. The van der Waals surface area contributed by atoms with E-state index in [0.29, 0.717) is 16.0 Å². The Kier molecular flexibility index (Phi) is 3.05. The van der Waals surface area contributed by atoms with Crippen molar-refractivity contribution in [3.63, 3.8) is 0 Å². The number of allylic oxidation sites excluding steroid dienone is 1. The van der Waals surface area contributed by atoms with Gasteiger partial charge < -0.3 is 0 Å². The van der Waals surface area contributed by atoms with Crippen LogP contribution in [0.3, 0.4) is 0 Å². The predicted molar refractivity (Wildman–Crippen MR) is 105 cm³/mol. The molecule has 0 spiro atoms. The summed E-state index contributed by atoms with van der Waals surface area (Å²) in [7, 11) is 0. The van der Waals surface area contributed by atoms with Crippen LogP contribution in [0.4, 0.5) is 0 Å². The van der Waals surface area contributed by atoms with E-state index in [-0.39, 0.29) is 11.6 Å². The molecule has 2 nitrogen and oxygen atoms in total. The van der Waals surface area contributed by atoms with Crippen LogP contribution in [0, 0.1) is 0 Å². The van der Waals surface area contributed by atoms with Crippen molar-refractivity contribution in [1.82, 2.24) is 0 Å². The first-order valence-electron chi connectivity index (χ1n) is 7.59. The Bertz CT molecular complexity index is 1050. The normalized spacial score (nSPS) is 19.0. The Morgan fingerprint density at radius 1 is 0.917 bits per heavy atom. The molecule has 5 rings (SSSR count). The predicted octanol–water partition coefficient (Wildman–Crippen LogP) is 4.14. The van der Waals surface area contributed by atoms with Gasteiger partial charge in [0.2, 0.25) is 0 Å². The Morgan fingerprint density at radius 3 is 2.46 bits per heavy atom. The van der Waals surface area contributed by atoms with Gasteiger partial charge in [0.25, 0.3) is 0 Å². The number of Topliss-reactive ketones (excluding diaryl/α,β-unsaturated/α-hetero) is 2. The molecule has 0 unspecified atom stereocenters. The summed E-state index contributed by atoms with van der Waals surface area (Å²) in [5.41, 5.74) is 0.896. The number of rotatable bonds is 1. The fraction of sp³-hybridized carbons (Fsp3) is 0.111. The van der Waals surface area contributed by atoms with Crippen molar-refractivity contribution in [3.8, 4) is 9.75 Å². The average Bonchev–Trinajstić information content (AvgIpc) is 3.31. The van der Waals surface area contributed by atoms with Crippen molar-refractivity contribution >= 4 is 73.7 Å². The maximum atomic E-state index is 12.5. The fourth-order valence-electron chi connectivity index (χ4n) is 3.54. The molecule has 1 aliphatic carbocycles. The summed E-state index contributed by atoms with van der Waals surface area (Å²) in [5, 5.41) is 3.99. The number of hydrogen-bond donors (Lipinski definition) is 0. The molecule has 1 aliphatic heterocycles. The molecule has 3 aromatic heterocycles. The molecule has 0 fully saturated rings. The number of fused-ring (bicyclic) bond motifs is 4. The summed E-state index contributed by atoms with van der Waals surface area (Å²) < 4.78 is 3.05. The summed E-state index contributed by atoms with van der Waals surface area (Å²) in [6.07, 6.45) is 1.81. The van der Waals surface area contributed by atoms with Crippen LogP contribution in [0.2, 0.25) is 11.5 Å². The molecule has 24 heavy (non-hydrogen) atoms. The summed E-state index contributed by atoms with van der Waals surface area (Å²) in [4.78, 5) is 29.3. The van der Waals surface area contributed by atoms with Gasteiger partial charge >= 0.3 is 154 Å². The fourth-order valence-corrected chi connectivity index (χ4v) is 16.2. The molecule has 0 saturated heterocycles. The van der Waals surface area contributed by atoms with Crippen LogP contribution in [0.15, 0.2) is 34.5 Å². The van der Waals surface area contributed by atoms with Crippen LogP contribution >= 0.6 is 34.0 Å². The third kappa shape index (κ3) is 1.81. The number of ketones is 2. The zero-order valence-corrected chi connectivity index (χ0v) is 17.6. The van der Waals surface area contributed by atoms with Crippen molar-refractivity contribution in [2.45, 2.75) is 11.5 Å². The Hall–Kier alpha value is -1.28. The van der Waals surface area contributed by atoms with Crippen molar-refractivity contribution in [2.24, 2.45) is 0 Å². The van der Waals surface area contributed by atoms with E-state index in [4.69, 9.17) is 0 Å². The van der Waals surface area contributed by atoms with Crippen molar-refractivity contribution in [3.05, 3.63) is 49.9 Å². The van der Waals surface area contributed by atoms with Gasteiger partial charge in [-0.25, -0.2) is 0 Å². The van der Waals surface area contributed by atoms with Crippen LogP contribution in [0.1, 0.15) is 24.9 Å². The molecule has 0 radical (unpaired) electrons. The third-order valence-electron chi connectivity index (χ3n) is 4.86. The first-order chi connectivity index (χ1) is 11.5. The second-order valence-corrected chi connectivity index (χ2v) is 18.6. The van der Waals surface area contributed by atoms with E-state index in [1.54, 1.807) is 21.8 Å². The van der Waals surface area contributed by atoms with Crippen molar-refractivity contribution in [2.75, 3.05) is 0 Å². The van der Waals surface area contributed by atoms with Gasteiger partial charge in [-0.1, -0.05) is 0 Å². The molecule has 0 aromatic carbocycles. The van der Waals surface area contributed by atoms with Crippen LogP contribution in [0.5, 0.6) is 0 Å². The van der Waals surface area contributed by atoms with E-state index in [1.165, 1.54) is 25.5 Å². The van der Waals surface area contributed by atoms with E-state index in [0.717, 1.165) is 4.88 Å². The molecule has 0 amide bonds. The van der Waals surface area contributed by atoms with Crippen molar-refractivity contribution in [1.29, 1.82) is 0 Å². The number of thiophene rings is 3. The van der Waals surface area contributed by atoms with E-state index in [9.17, 15) is 9.59 Å². The van der Waals surface area contributed by atoms with Crippen LogP contribution in [-0.4, -0.2) is 24.8 Å². The quantitative estimate of drug-likeness (QED) is 0.331. The molecule has 0 atom stereocenters. The molecule has 0 saturated carbocycles. The second-order valence-electron chi connectivity index (χ2n) is 6.56. The summed E-state index contributed by atoms with van der Waals surface area (Å²) in [6, 6.07) is 6.27. The Labute approximate surface area is 153 Å². The van der Waals surface area contributed by atoms with Gasteiger partial charge in [0.15, 0.2) is 0 Å². The first kappa shape index (κ1) is 15.0. The van der Waals surface area contributed by atoms with E-state index in [1.807, 2.05) is 22.8 Å². The van der Waals surface area contributed by atoms with Crippen LogP contribution < -0.4 is 8.79 Å². The molecule has 6 heteroatoms. The van der Waals surface area contributed by atoms with Gasteiger partial charge in [-0.05, 0) is 0 Å². The van der Waals surface area contributed by atoms with Gasteiger partial charge in [-0.3, -0.25) is 0 Å². The SMILES string of the molecule is [CH3][Ge]1([CH3])[c]2ccsc2-c2sc(/C=C3\C(=O)c4ccsc4C3=O)c[c]21. The molecule has 0 N–H and O–H groups in total. The molecule has 0 bridgehead atoms. The van der Waals surface area contributed by atoms with Gasteiger partial charge in [-0.2, -0.15) is 0 Å². The second kappa shape index (κ2) is 4.88. The Morgan fingerprint density at radius 2 is 1.67 bits per heavy atom. The van der Waals surface area contributed by atoms with Crippen LogP contribution in [0.25, 0.3) is 15.8 Å².